The number of aromatic nitrogens is 1. The highest BCUT2D eigenvalue weighted by molar-refractivity contribution is 6.74. The van der Waals surface area contributed by atoms with Gasteiger partial charge in [-0.1, -0.05) is 99.6 Å². The Morgan fingerprint density at radius 3 is 2.34 bits per heavy atom. The lowest BCUT2D eigenvalue weighted by atomic mass is 10.0. The number of anilines is 1. The molecule has 358 valence electrons. The monoisotopic (exact) mass is 930 g/mol. The predicted molar refractivity (Wildman–Crippen MR) is 270 cm³/mol. The number of aromatic hydroxyl groups is 1. The molecule has 2 heterocycles. The summed E-state index contributed by atoms with van der Waals surface area (Å²) in [5.74, 6) is 1.18. The molecule has 0 spiro atoms. The van der Waals surface area contributed by atoms with Gasteiger partial charge in [0, 0.05) is 62.8 Å². The fourth-order valence-corrected chi connectivity index (χ4v) is 10.7. The number of ether oxygens (including phenoxy) is 2. The second-order valence-electron chi connectivity index (χ2n) is 19.8. The van der Waals surface area contributed by atoms with E-state index in [0.29, 0.717) is 63.2 Å². The molecule has 1 aromatic heterocycles. The SMILES string of the molecule is CCN(CCNC[C@H](O[Si](C)(C)C(C)(C)C)c1ccc(O)c2[nH]c(=O)ccc12)C(=O)CCOCCc1cccc(CCN2C[C@H]3CC(OC(=O)Nc4ccccc4-c4ccccc4)C[C@H]3C2)c1. The van der Waals surface area contributed by atoms with Gasteiger partial charge in [0.25, 0.3) is 0 Å². The van der Waals surface area contributed by atoms with Crippen molar-refractivity contribution < 1.29 is 28.6 Å². The van der Waals surface area contributed by atoms with E-state index in [1.165, 1.54) is 17.2 Å². The summed E-state index contributed by atoms with van der Waals surface area (Å²) in [4.78, 5) is 45.5. The third-order valence-corrected chi connectivity index (χ3v) is 18.6. The molecule has 12 nitrogen and oxygen atoms in total. The van der Waals surface area contributed by atoms with Gasteiger partial charge in [0.1, 0.15) is 11.9 Å². The maximum Gasteiger partial charge on any atom is 0.411 e. The molecule has 1 aliphatic carbocycles. The zero-order valence-corrected chi connectivity index (χ0v) is 41.3. The molecule has 13 heteroatoms. The quantitative estimate of drug-likeness (QED) is 0.0418. The van der Waals surface area contributed by atoms with Crippen molar-refractivity contribution in [1.29, 1.82) is 0 Å². The molecule has 0 radical (unpaired) electrons. The van der Waals surface area contributed by atoms with E-state index in [1.54, 1.807) is 12.1 Å². The van der Waals surface area contributed by atoms with E-state index in [9.17, 15) is 19.5 Å². The topological polar surface area (TPSA) is 145 Å². The summed E-state index contributed by atoms with van der Waals surface area (Å²) in [7, 11) is -2.22. The molecule has 4 N–H and O–H groups in total. The molecule has 2 fully saturated rings. The molecular weight excluding hydrogens is 859 g/mol. The third-order valence-electron chi connectivity index (χ3n) is 14.1. The lowest BCUT2D eigenvalue weighted by molar-refractivity contribution is -0.132. The standard InChI is InChI=1S/C54H71N5O7Si/c1-7-59(29-27-55-35-49(66-67(5,6)54(2,3)4)45-20-22-48(60)52-46(45)21-23-50(61)57-52)51(62)26-31-64-30-25-39-15-13-14-38(32-39)24-28-58-36-41-33-43(34-42(41)37-58)65-53(63)56-47-19-12-11-18-44(47)40-16-9-8-10-17-40/h8-23,32,41-43,49,55,60H,7,24-31,33-37H2,1-6H3,(H,56,63)(H,57,61)/t41-,42+,43?,49-/m0/s1. The highest BCUT2D eigenvalue weighted by Gasteiger charge is 2.42. The molecule has 4 aromatic carbocycles. The number of para-hydroxylation sites is 1. The molecule has 0 bridgehead atoms. The molecule has 4 atom stereocenters. The van der Waals surface area contributed by atoms with E-state index in [2.05, 4.69) is 78.6 Å². The maximum atomic E-state index is 13.2. The Balaban J connectivity index is 0.791. The summed E-state index contributed by atoms with van der Waals surface area (Å²) in [6.07, 6.45) is 3.14. The van der Waals surface area contributed by atoms with Gasteiger partial charge < -0.3 is 39.1 Å². The lowest BCUT2D eigenvalue weighted by Crippen LogP contribution is -2.44. The predicted octanol–water partition coefficient (Wildman–Crippen LogP) is 9.55. The van der Waals surface area contributed by atoms with Crippen LogP contribution >= 0.6 is 0 Å². The lowest BCUT2D eigenvalue weighted by Gasteiger charge is -2.39. The van der Waals surface area contributed by atoms with Crippen molar-refractivity contribution in [3.05, 3.63) is 130 Å². The van der Waals surface area contributed by atoms with Crippen LogP contribution in [0.1, 0.15) is 69.8 Å². The number of nitrogens with one attached hydrogen (secondary N) is 3. The minimum atomic E-state index is -2.22. The summed E-state index contributed by atoms with van der Waals surface area (Å²) in [6.45, 7) is 19.3. The number of carbonyl (C=O) groups is 2. The maximum absolute atomic E-state index is 13.2. The number of pyridine rings is 1. The number of rotatable bonds is 21. The van der Waals surface area contributed by atoms with Gasteiger partial charge >= 0.3 is 6.09 Å². The van der Waals surface area contributed by atoms with E-state index in [4.69, 9.17) is 13.9 Å². The number of likely N-dealkylation sites (tertiary alicyclic amines) is 1. The van der Waals surface area contributed by atoms with Crippen molar-refractivity contribution in [2.24, 2.45) is 11.8 Å². The molecular formula is C54H71N5O7Si. The van der Waals surface area contributed by atoms with E-state index in [1.807, 2.05) is 72.5 Å². The van der Waals surface area contributed by atoms with Gasteiger partial charge in [-0.2, -0.15) is 0 Å². The average Bonchev–Trinajstić information content (AvgIpc) is 3.86. The van der Waals surface area contributed by atoms with Gasteiger partial charge in [0.15, 0.2) is 8.32 Å². The Morgan fingerprint density at radius 2 is 1.61 bits per heavy atom. The summed E-state index contributed by atoms with van der Waals surface area (Å²) < 4.78 is 18.9. The molecule has 67 heavy (non-hydrogen) atoms. The van der Waals surface area contributed by atoms with Crippen molar-refractivity contribution in [2.75, 3.05) is 64.3 Å². The summed E-state index contributed by atoms with van der Waals surface area (Å²) >= 11 is 0. The number of nitrogens with zero attached hydrogens (tertiary/aromatic N) is 2. The van der Waals surface area contributed by atoms with Crippen LogP contribution in [0.4, 0.5) is 10.5 Å². The van der Waals surface area contributed by atoms with Crippen LogP contribution in [0, 0.1) is 11.8 Å². The number of hydrogen-bond donors (Lipinski definition) is 4. The molecule has 1 saturated carbocycles. The van der Waals surface area contributed by atoms with Gasteiger partial charge in [-0.15, -0.1) is 0 Å². The summed E-state index contributed by atoms with van der Waals surface area (Å²) in [5, 5.41) is 17.8. The first-order valence-electron chi connectivity index (χ1n) is 24.2. The van der Waals surface area contributed by atoms with E-state index in [-0.39, 0.29) is 40.6 Å². The number of aromatic amines is 1. The second kappa shape index (κ2) is 22.7. The number of fused-ring (bicyclic) bond motifs is 2. The van der Waals surface area contributed by atoms with Gasteiger partial charge in [0.05, 0.1) is 36.9 Å². The average molecular weight is 930 g/mol. The minimum Gasteiger partial charge on any atom is -0.506 e. The first kappa shape index (κ1) is 49.6. The molecule has 2 amide bonds. The Morgan fingerprint density at radius 1 is 0.896 bits per heavy atom. The van der Waals surface area contributed by atoms with Gasteiger partial charge in [-0.25, -0.2) is 4.79 Å². The molecule has 1 saturated heterocycles. The number of phenols is 1. The van der Waals surface area contributed by atoms with Crippen molar-refractivity contribution in [2.45, 2.75) is 90.1 Å². The zero-order valence-electron chi connectivity index (χ0n) is 40.3. The number of benzene rings is 4. The van der Waals surface area contributed by atoms with Crippen molar-refractivity contribution in [1.82, 2.24) is 20.1 Å². The van der Waals surface area contributed by atoms with Crippen LogP contribution in [-0.2, 0) is 31.5 Å². The molecule has 2 aliphatic rings. The van der Waals surface area contributed by atoms with E-state index >= 15 is 0 Å². The van der Waals surface area contributed by atoms with E-state index in [0.717, 1.165) is 73.1 Å². The molecule has 1 aliphatic heterocycles. The fraction of sp³-hybridized carbons (Fsp3) is 0.463. The van der Waals surface area contributed by atoms with Crippen LogP contribution in [0.25, 0.3) is 22.0 Å². The highest BCUT2D eigenvalue weighted by Crippen LogP contribution is 2.42. The Bertz CT molecular complexity index is 2480. The highest BCUT2D eigenvalue weighted by atomic mass is 28.4. The Hall–Kier alpha value is -5.31. The fourth-order valence-electron chi connectivity index (χ4n) is 9.40. The smallest absolute Gasteiger partial charge is 0.411 e. The van der Waals surface area contributed by atoms with Crippen LogP contribution in [0.15, 0.2) is 108 Å². The molecule has 7 rings (SSSR count). The number of hydrogen-bond acceptors (Lipinski definition) is 9. The Labute approximate surface area is 397 Å². The number of amides is 2. The third kappa shape index (κ3) is 13.2. The van der Waals surface area contributed by atoms with Crippen LogP contribution in [-0.4, -0.2) is 105 Å². The first-order chi connectivity index (χ1) is 32.2. The number of carbonyl (C=O) groups excluding carboxylic acids is 2. The van der Waals surface area contributed by atoms with Gasteiger partial charge in [0.2, 0.25) is 11.5 Å². The number of phenolic OH excluding ortho intramolecular Hbond substituents is 1. The van der Waals surface area contributed by atoms with Crippen molar-refractivity contribution >= 4 is 36.9 Å². The van der Waals surface area contributed by atoms with Crippen molar-refractivity contribution in [3.8, 4) is 16.9 Å². The van der Waals surface area contributed by atoms with Crippen LogP contribution < -0.4 is 16.2 Å². The van der Waals surface area contributed by atoms with Crippen LogP contribution in [0.2, 0.25) is 18.1 Å². The second-order valence-corrected chi connectivity index (χ2v) is 24.6. The zero-order chi connectivity index (χ0) is 47.6. The minimum absolute atomic E-state index is 0.0205. The van der Waals surface area contributed by atoms with Crippen LogP contribution in [0.5, 0.6) is 5.75 Å². The Kier molecular flexibility index (Phi) is 16.8. The normalized spacial score (nSPS) is 17.9. The molecule has 5 aromatic rings. The van der Waals surface area contributed by atoms with E-state index < -0.39 is 8.32 Å². The summed E-state index contributed by atoms with van der Waals surface area (Å²) in [6, 6.07) is 33.4. The molecule has 1 unspecified atom stereocenters. The largest absolute Gasteiger partial charge is 0.506 e. The number of likely N-dealkylation sites (N-methyl/N-ethyl adjacent to an activating group) is 1. The van der Waals surface area contributed by atoms with Gasteiger partial charge in [-0.05, 0) is 103 Å². The first-order valence-corrected chi connectivity index (χ1v) is 27.1. The van der Waals surface area contributed by atoms with Crippen LogP contribution in [0.3, 0.4) is 0 Å². The number of H-pyrrole nitrogens is 1. The van der Waals surface area contributed by atoms with Crippen molar-refractivity contribution in [3.63, 3.8) is 0 Å². The van der Waals surface area contributed by atoms with Gasteiger partial charge in [-0.3, -0.25) is 14.9 Å². The summed E-state index contributed by atoms with van der Waals surface area (Å²) in [5.41, 5.74) is 6.35.